The first kappa shape index (κ1) is 15.2. The Balaban J connectivity index is 2.28. The van der Waals surface area contributed by atoms with Crippen molar-refractivity contribution in [1.82, 2.24) is 10.3 Å². The maximum absolute atomic E-state index is 12.3. The molecule has 0 bridgehead atoms. The van der Waals surface area contributed by atoms with Crippen molar-refractivity contribution in [2.24, 2.45) is 0 Å². The lowest BCUT2D eigenvalue weighted by atomic mass is 10.2. The van der Waals surface area contributed by atoms with E-state index in [-0.39, 0.29) is 24.1 Å². The number of benzene rings is 1. The summed E-state index contributed by atoms with van der Waals surface area (Å²) in [4.78, 5) is 14.9. The first-order chi connectivity index (χ1) is 10.0. The number of fused-ring (bicyclic) bond motifs is 1. The zero-order chi connectivity index (χ0) is 15.4. The number of ether oxygens (including phenoxy) is 1. The minimum Gasteiger partial charge on any atom is -0.434 e. The van der Waals surface area contributed by atoms with E-state index in [9.17, 15) is 13.6 Å². The van der Waals surface area contributed by atoms with Crippen LogP contribution in [0.15, 0.2) is 24.3 Å². The largest absolute Gasteiger partial charge is 0.434 e. The molecule has 1 atom stereocenters. The molecule has 5 nitrogen and oxygen atoms in total. The van der Waals surface area contributed by atoms with Crippen molar-refractivity contribution in [2.45, 2.75) is 26.0 Å². The Morgan fingerprint density at radius 1 is 1.48 bits per heavy atom. The van der Waals surface area contributed by atoms with Gasteiger partial charge < -0.3 is 20.1 Å². The second-order valence-electron chi connectivity index (χ2n) is 4.54. The van der Waals surface area contributed by atoms with Gasteiger partial charge in [0.2, 0.25) is 0 Å². The van der Waals surface area contributed by atoms with E-state index < -0.39 is 12.5 Å². The molecule has 1 aromatic carbocycles. The van der Waals surface area contributed by atoms with Crippen LogP contribution in [-0.2, 0) is 0 Å². The van der Waals surface area contributed by atoms with Gasteiger partial charge in [0.05, 0.1) is 12.6 Å². The maximum Gasteiger partial charge on any atom is 0.387 e. The molecule has 0 saturated carbocycles. The van der Waals surface area contributed by atoms with E-state index in [2.05, 4.69) is 15.0 Å². The zero-order valence-electron chi connectivity index (χ0n) is 11.4. The number of nitrogens with one attached hydrogen (secondary N) is 2. The molecule has 2 aromatic rings. The third-order valence-electron chi connectivity index (χ3n) is 3.13. The van der Waals surface area contributed by atoms with Crippen LogP contribution in [0, 0.1) is 0 Å². The van der Waals surface area contributed by atoms with Gasteiger partial charge in [-0.1, -0.05) is 13.0 Å². The molecule has 1 heterocycles. The lowest BCUT2D eigenvalue weighted by Crippen LogP contribution is -2.37. The van der Waals surface area contributed by atoms with Crippen molar-refractivity contribution in [3.8, 4) is 5.75 Å². The number of alkyl halides is 2. The van der Waals surface area contributed by atoms with E-state index in [0.717, 1.165) is 0 Å². The molecule has 1 aromatic heterocycles. The number of halogens is 2. The molecule has 21 heavy (non-hydrogen) atoms. The lowest BCUT2D eigenvalue weighted by Gasteiger charge is -2.12. The number of aliphatic hydroxyl groups is 1. The van der Waals surface area contributed by atoms with Gasteiger partial charge in [0, 0.05) is 10.9 Å². The molecular formula is C14H16F2N2O3. The van der Waals surface area contributed by atoms with Crippen LogP contribution in [0.4, 0.5) is 8.78 Å². The van der Waals surface area contributed by atoms with Crippen LogP contribution in [0.5, 0.6) is 5.75 Å². The van der Waals surface area contributed by atoms with Gasteiger partial charge in [-0.3, -0.25) is 4.79 Å². The molecule has 7 heteroatoms. The summed E-state index contributed by atoms with van der Waals surface area (Å²) < 4.78 is 29.1. The molecule has 2 rings (SSSR count). The van der Waals surface area contributed by atoms with E-state index in [4.69, 9.17) is 5.11 Å². The fraction of sp³-hybridized carbons (Fsp3) is 0.357. The summed E-state index contributed by atoms with van der Waals surface area (Å²) in [6.45, 7) is -1.26. The summed E-state index contributed by atoms with van der Waals surface area (Å²) in [6, 6.07) is 5.73. The monoisotopic (exact) mass is 298 g/mol. The van der Waals surface area contributed by atoms with Gasteiger partial charge >= 0.3 is 6.61 Å². The van der Waals surface area contributed by atoms with E-state index in [1.54, 1.807) is 12.1 Å². The second-order valence-corrected chi connectivity index (χ2v) is 4.54. The molecule has 3 N–H and O–H groups in total. The minimum absolute atomic E-state index is 0.00648. The van der Waals surface area contributed by atoms with Crippen molar-refractivity contribution in [3.05, 3.63) is 30.0 Å². The highest BCUT2D eigenvalue weighted by molar-refractivity contribution is 5.99. The maximum atomic E-state index is 12.3. The number of aromatic amines is 1. The topological polar surface area (TPSA) is 74.3 Å². The van der Waals surface area contributed by atoms with Crippen LogP contribution in [-0.4, -0.2) is 35.3 Å². The molecule has 1 amide bonds. The van der Waals surface area contributed by atoms with Gasteiger partial charge in [0.1, 0.15) is 11.4 Å². The Morgan fingerprint density at radius 2 is 2.24 bits per heavy atom. The number of H-pyrrole nitrogens is 1. The van der Waals surface area contributed by atoms with Crippen molar-refractivity contribution in [1.29, 1.82) is 0 Å². The van der Waals surface area contributed by atoms with Crippen LogP contribution in [0.1, 0.15) is 23.8 Å². The Kier molecular flexibility index (Phi) is 4.74. The number of hydrogen-bond acceptors (Lipinski definition) is 3. The van der Waals surface area contributed by atoms with E-state index in [1.165, 1.54) is 12.1 Å². The number of hydrogen-bond donors (Lipinski definition) is 3. The van der Waals surface area contributed by atoms with Crippen LogP contribution in [0.3, 0.4) is 0 Å². The third kappa shape index (κ3) is 3.49. The van der Waals surface area contributed by atoms with Crippen LogP contribution in [0.2, 0.25) is 0 Å². The molecule has 1 unspecified atom stereocenters. The van der Waals surface area contributed by atoms with Crippen molar-refractivity contribution < 1.29 is 23.4 Å². The quantitative estimate of drug-likeness (QED) is 0.766. The van der Waals surface area contributed by atoms with Gasteiger partial charge in [0.15, 0.2) is 0 Å². The smallest absolute Gasteiger partial charge is 0.387 e. The summed E-state index contributed by atoms with van der Waals surface area (Å²) in [6.07, 6.45) is 0.586. The standard InChI is InChI=1S/C14H16F2N2O3/c1-2-8(7-19)17-13(20)11-6-9-10(18-11)4-3-5-12(9)21-14(15)16/h3-6,8,14,18-19H,2,7H2,1H3,(H,17,20). The number of carbonyl (C=O) groups is 1. The molecule has 114 valence electrons. The zero-order valence-corrected chi connectivity index (χ0v) is 11.4. The van der Waals surface area contributed by atoms with Crippen LogP contribution >= 0.6 is 0 Å². The van der Waals surface area contributed by atoms with Gasteiger partial charge in [0.25, 0.3) is 5.91 Å². The number of aromatic nitrogens is 1. The minimum atomic E-state index is -2.93. The van der Waals surface area contributed by atoms with Gasteiger partial charge in [-0.15, -0.1) is 0 Å². The van der Waals surface area contributed by atoms with E-state index in [0.29, 0.717) is 17.3 Å². The summed E-state index contributed by atoms with van der Waals surface area (Å²) in [5.41, 5.74) is 0.748. The Bertz CT molecular complexity index is 624. The predicted molar refractivity (Wildman–Crippen MR) is 73.6 cm³/mol. The Morgan fingerprint density at radius 3 is 2.86 bits per heavy atom. The molecule has 0 spiro atoms. The fourth-order valence-electron chi connectivity index (χ4n) is 1.99. The van der Waals surface area contributed by atoms with Gasteiger partial charge in [-0.25, -0.2) is 0 Å². The highest BCUT2D eigenvalue weighted by atomic mass is 19.3. The van der Waals surface area contributed by atoms with E-state index >= 15 is 0 Å². The molecule has 0 radical (unpaired) electrons. The van der Waals surface area contributed by atoms with Crippen molar-refractivity contribution >= 4 is 16.8 Å². The number of carbonyl (C=O) groups excluding carboxylic acids is 1. The first-order valence-corrected chi connectivity index (χ1v) is 6.53. The molecule has 0 aliphatic rings. The number of rotatable bonds is 6. The lowest BCUT2D eigenvalue weighted by molar-refractivity contribution is -0.0487. The second kappa shape index (κ2) is 6.53. The summed E-state index contributed by atoms with van der Waals surface area (Å²) >= 11 is 0. The molecule has 0 saturated heterocycles. The van der Waals surface area contributed by atoms with E-state index in [1.807, 2.05) is 6.92 Å². The van der Waals surface area contributed by atoms with Gasteiger partial charge in [-0.2, -0.15) is 8.78 Å². The SMILES string of the molecule is CCC(CO)NC(=O)c1cc2c(OC(F)F)cccc2[nH]1. The molecule has 0 aliphatic heterocycles. The first-order valence-electron chi connectivity index (χ1n) is 6.53. The number of aliphatic hydroxyl groups excluding tert-OH is 1. The fourth-order valence-corrected chi connectivity index (χ4v) is 1.99. The van der Waals surface area contributed by atoms with Gasteiger partial charge in [-0.05, 0) is 24.6 Å². The molecule has 0 fully saturated rings. The number of amides is 1. The molecular weight excluding hydrogens is 282 g/mol. The van der Waals surface area contributed by atoms with Crippen LogP contribution < -0.4 is 10.1 Å². The average Bonchev–Trinajstić information content (AvgIpc) is 2.89. The van der Waals surface area contributed by atoms with Crippen molar-refractivity contribution in [2.75, 3.05) is 6.61 Å². The van der Waals surface area contributed by atoms with Crippen LogP contribution in [0.25, 0.3) is 10.9 Å². The van der Waals surface area contributed by atoms with Crippen molar-refractivity contribution in [3.63, 3.8) is 0 Å². The Hall–Kier alpha value is -2.15. The molecule has 0 aliphatic carbocycles. The predicted octanol–water partition coefficient (Wildman–Crippen LogP) is 2.27. The Labute approximate surface area is 119 Å². The highest BCUT2D eigenvalue weighted by Crippen LogP contribution is 2.27. The summed E-state index contributed by atoms with van der Waals surface area (Å²) in [7, 11) is 0. The normalized spacial score (nSPS) is 12.6. The summed E-state index contributed by atoms with van der Waals surface area (Å²) in [5, 5.41) is 12.1. The third-order valence-corrected chi connectivity index (χ3v) is 3.13. The highest BCUT2D eigenvalue weighted by Gasteiger charge is 2.16. The summed E-state index contributed by atoms with van der Waals surface area (Å²) in [5.74, 6) is -0.401. The average molecular weight is 298 g/mol.